The number of hydrogen-bond acceptors (Lipinski definition) is 8. The van der Waals surface area contributed by atoms with Crippen molar-refractivity contribution < 1.29 is 51.8 Å². The first-order valence-electron chi connectivity index (χ1n) is 7.57. The number of nitrogens with zero attached hydrogens (tertiary/aromatic N) is 3. The van der Waals surface area contributed by atoms with E-state index in [1.54, 1.807) is 0 Å². The summed E-state index contributed by atoms with van der Waals surface area (Å²) in [6.45, 7) is 0.226. The first-order valence-corrected chi connectivity index (χ1v) is 9.10. The number of carboxylic acid groups (broad SMARTS) is 1. The first kappa shape index (κ1) is 23.1. The van der Waals surface area contributed by atoms with E-state index in [4.69, 9.17) is 14.9 Å². The Kier molecular flexibility index (Phi) is 6.67. The number of halogens is 3. The normalized spacial score (nSPS) is 11.8. The second-order valence-electron chi connectivity index (χ2n) is 5.53. The number of carboxylic acids is 1. The molecule has 1 aromatic carbocycles. The van der Waals surface area contributed by atoms with E-state index in [0.717, 1.165) is 0 Å². The number of carbonyl (C=O) groups excluding carboxylic acids is 1. The number of aryl methyl sites for hydroxylation is 1. The SMILES string of the molecule is Cc1nc(N=Nc2cc(F)c(F)c(C(=O)O)c2F)c(COP(=O)(O)O)c(C=O)c1O. The molecular formula is C15H11F3N3O8P. The van der Waals surface area contributed by atoms with Crippen molar-refractivity contribution in [2.75, 3.05) is 0 Å². The number of aldehydes is 1. The molecule has 0 bridgehead atoms. The highest BCUT2D eigenvalue weighted by molar-refractivity contribution is 7.46. The topological polar surface area (TPSA) is 179 Å². The van der Waals surface area contributed by atoms with E-state index < -0.39 is 71.8 Å². The number of benzene rings is 1. The minimum Gasteiger partial charge on any atom is -0.505 e. The summed E-state index contributed by atoms with van der Waals surface area (Å²) in [7, 11) is -5.04. The number of hydrogen-bond donors (Lipinski definition) is 4. The second kappa shape index (κ2) is 8.67. The average molecular weight is 449 g/mol. The van der Waals surface area contributed by atoms with E-state index in [1.807, 2.05) is 0 Å². The zero-order chi connectivity index (χ0) is 22.8. The molecule has 0 unspecified atom stereocenters. The van der Waals surface area contributed by atoms with Crippen molar-refractivity contribution in [2.24, 2.45) is 10.2 Å². The maximum absolute atomic E-state index is 14.2. The molecule has 1 aromatic heterocycles. The van der Waals surface area contributed by atoms with Crippen LogP contribution in [0.1, 0.15) is 32.0 Å². The highest BCUT2D eigenvalue weighted by atomic mass is 31.2. The van der Waals surface area contributed by atoms with Crippen LogP contribution in [-0.4, -0.2) is 37.2 Å². The molecule has 0 atom stereocenters. The van der Waals surface area contributed by atoms with Crippen molar-refractivity contribution >= 4 is 31.6 Å². The minimum absolute atomic E-state index is 0.0993. The monoisotopic (exact) mass is 449 g/mol. The van der Waals surface area contributed by atoms with Crippen LogP contribution in [0.4, 0.5) is 24.7 Å². The predicted molar refractivity (Wildman–Crippen MR) is 90.3 cm³/mol. The molecule has 0 fully saturated rings. The fraction of sp³-hybridized carbons (Fsp3) is 0.133. The zero-order valence-corrected chi connectivity index (χ0v) is 15.6. The Balaban J connectivity index is 2.64. The molecule has 0 saturated carbocycles. The lowest BCUT2D eigenvalue weighted by atomic mass is 10.1. The molecule has 160 valence electrons. The van der Waals surface area contributed by atoms with Gasteiger partial charge in [-0.05, 0) is 6.92 Å². The zero-order valence-electron chi connectivity index (χ0n) is 14.7. The number of azo groups is 1. The van der Waals surface area contributed by atoms with Gasteiger partial charge in [-0.1, -0.05) is 0 Å². The van der Waals surface area contributed by atoms with Crippen molar-refractivity contribution in [1.82, 2.24) is 4.98 Å². The van der Waals surface area contributed by atoms with Gasteiger partial charge < -0.3 is 20.0 Å². The van der Waals surface area contributed by atoms with Crippen LogP contribution in [0.5, 0.6) is 5.75 Å². The Morgan fingerprint density at radius 2 is 1.90 bits per heavy atom. The molecule has 2 rings (SSSR count). The van der Waals surface area contributed by atoms with Crippen LogP contribution in [0.15, 0.2) is 16.3 Å². The standard InChI is InChI=1S/C15H11F3N3O8P/c1-5-13(23)6(3-22)7(4-29-30(26,27)28)14(19-5)21-20-9-2-8(16)11(17)10(12(9)18)15(24)25/h2-3,23H,4H2,1H3,(H,24,25)(H2,26,27,28). The van der Waals surface area contributed by atoms with Gasteiger partial charge in [0, 0.05) is 11.6 Å². The molecule has 0 aliphatic heterocycles. The Morgan fingerprint density at radius 1 is 1.27 bits per heavy atom. The van der Waals surface area contributed by atoms with Gasteiger partial charge in [0.05, 0.1) is 17.9 Å². The van der Waals surface area contributed by atoms with Crippen molar-refractivity contribution in [2.45, 2.75) is 13.5 Å². The van der Waals surface area contributed by atoms with E-state index in [9.17, 15) is 32.4 Å². The van der Waals surface area contributed by atoms with Gasteiger partial charge in [-0.25, -0.2) is 27.5 Å². The summed E-state index contributed by atoms with van der Waals surface area (Å²) < 4.78 is 56.4. The van der Waals surface area contributed by atoms with Gasteiger partial charge >= 0.3 is 13.8 Å². The van der Waals surface area contributed by atoms with Crippen LogP contribution in [0.3, 0.4) is 0 Å². The predicted octanol–water partition coefficient (Wildman–Crippen LogP) is 3.05. The molecule has 0 spiro atoms. The van der Waals surface area contributed by atoms with Gasteiger partial charge in [-0.3, -0.25) is 9.32 Å². The molecule has 11 nitrogen and oxygen atoms in total. The highest BCUT2D eigenvalue weighted by Gasteiger charge is 2.25. The molecule has 0 saturated heterocycles. The minimum atomic E-state index is -5.04. The van der Waals surface area contributed by atoms with Crippen LogP contribution in [0, 0.1) is 24.4 Å². The van der Waals surface area contributed by atoms with Gasteiger partial charge in [0.25, 0.3) is 0 Å². The summed E-state index contributed by atoms with van der Waals surface area (Å²) in [5.74, 6) is -8.84. The number of pyridine rings is 1. The lowest BCUT2D eigenvalue weighted by molar-refractivity contribution is 0.0685. The molecule has 2 aromatic rings. The number of aromatic carboxylic acids is 1. The Hall–Kier alpha value is -3.19. The molecule has 0 amide bonds. The number of phosphoric ester groups is 1. The molecule has 0 aliphatic carbocycles. The molecular weight excluding hydrogens is 438 g/mol. The van der Waals surface area contributed by atoms with Crippen molar-refractivity contribution in [3.63, 3.8) is 0 Å². The molecule has 4 N–H and O–H groups in total. The largest absolute Gasteiger partial charge is 0.505 e. The molecule has 30 heavy (non-hydrogen) atoms. The summed E-state index contributed by atoms with van der Waals surface area (Å²) in [5, 5.41) is 25.4. The number of carbonyl (C=O) groups is 2. The van der Waals surface area contributed by atoms with Crippen LogP contribution in [0.25, 0.3) is 0 Å². The summed E-state index contributed by atoms with van der Waals surface area (Å²) >= 11 is 0. The number of phosphoric acid groups is 1. The number of aromatic hydroxyl groups is 1. The highest BCUT2D eigenvalue weighted by Crippen LogP contribution is 2.40. The van der Waals surface area contributed by atoms with Gasteiger partial charge in [0.2, 0.25) is 0 Å². The van der Waals surface area contributed by atoms with Gasteiger partial charge in [-0.2, -0.15) is 0 Å². The lowest BCUT2D eigenvalue weighted by Gasteiger charge is -2.12. The van der Waals surface area contributed by atoms with Gasteiger partial charge in [0.15, 0.2) is 29.6 Å². The molecule has 15 heteroatoms. The third-order valence-corrected chi connectivity index (χ3v) is 4.03. The van der Waals surface area contributed by atoms with E-state index in [1.165, 1.54) is 6.92 Å². The van der Waals surface area contributed by atoms with E-state index in [-0.39, 0.29) is 18.0 Å². The van der Waals surface area contributed by atoms with Gasteiger partial charge in [0.1, 0.15) is 17.0 Å². The Labute approximate surface area is 164 Å². The lowest BCUT2D eigenvalue weighted by Crippen LogP contribution is -2.07. The summed E-state index contributed by atoms with van der Waals surface area (Å²) in [4.78, 5) is 43.6. The van der Waals surface area contributed by atoms with E-state index in [0.29, 0.717) is 0 Å². The maximum Gasteiger partial charge on any atom is 0.469 e. The van der Waals surface area contributed by atoms with Crippen LogP contribution in [-0.2, 0) is 15.7 Å². The van der Waals surface area contributed by atoms with Crippen molar-refractivity contribution in [3.05, 3.63) is 45.9 Å². The quantitative estimate of drug-likeness (QED) is 0.214. The molecule has 1 heterocycles. The second-order valence-corrected chi connectivity index (χ2v) is 6.77. The smallest absolute Gasteiger partial charge is 0.469 e. The van der Waals surface area contributed by atoms with Crippen LogP contribution < -0.4 is 0 Å². The van der Waals surface area contributed by atoms with Crippen LogP contribution in [0.2, 0.25) is 0 Å². The number of aromatic nitrogens is 1. The molecule has 0 radical (unpaired) electrons. The Morgan fingerprint density at radius 3 is 2.43 bits per heavy atom. The van der Waals surface area contributed by atoms with Crippen LogP contribution >= 0.6 is 7.82 Å². The van der Waals surface area contributed by atoms with E-state index >= 15 is 0 Å². The van der Waals surface area contributed by atoms with E-state index in [2.05, 4.69) is 19.7 Å². The van der Waals surface area contributed by atoms with Crippen molar-refractivity contribution in [3.8, 4) is 5.75 Å². The number of rotatable bonds is 7. The fourth-order valence-corrected chi connectivity index (χ4v) is 2.49. The average Bonchev–Trinajstić information content (AvgIpc) is 2.63. The maximum atomic E-state index is 14.2. The summed E-state index contributed by atoms with van der Waals surface area (Å²) in [6.07, 6.45) is 0.0993. The first-order chi connectivity index (χ1) is 13.9. The Bertz CT molecular complexity index is 1120. The third-order valence-electron chi connectivity index (χ3n) is 3.56. The summed E-state index contributed by atoms with van der Waals surface area (Å²) in [5.41, 5.74) is -3.86. The summed E-state index contributed by atoms with van der Waals surface area (Å²) in [6, 6.07) is 0.209. The fourth-order valence-electron chi connectivity index (χ4n) is 2.19. The van der Waals surface area contributed by atoms with Crippen molar-refractivity contribution in [1.29, 1.82) is 0 Å². The third kappa shape index (κ3) is 4.86. The molecule has 0 aliphatic rings. The van der Waals surface area contributed by atoms with Gasteiger partial charge in [-0.15, -0.1) is 10.2 Å².